The first-order valence-electron chi connectivity index (χ1n) is 5.82. The Morgan fingerprint density at radius 1 is 1.47 bits per heavy atom. The third kappa shape index (κ3) is 3.46. The van der Waals surface area contributed by atoms with Gasteiger partial charge in [0.05, 0.1) is 12.6 Å². The zero-order valence-electron chi connectivity index (χ0n) is 10.6. The van der Waals surface area contributed by atoms with Crippen molar-refractivity contribution in [3.05, 3.63) is 29.8 Å². The van der Waals surface area contributed by atoms with E-state index in [0.29, 0.717) is 6.54 Å². The number of para-hydroxylation sites is 1. The van der Waals surface area contributed by atoms with Crippen LogP contribution in [0, 0.1) is 0 Å². The second-order valence-corrected chi connectivity index (χ2v) is 3.92. The minimum atomic E-state index is -0.537. The quantitative estimate of drug-likeness (QED) is 0.810. The molecule has 1 aromatic carbocycles. The van der Waals surface area contributed by atoms with E-state index in [1.165, 1.54) is 0 Å². The van der Waals surface area contributed by atoms with Crippen LogP contribution in [0.5, 0.6) is 0 Å². The lowest BCUT2D eigenvalue weighted by atomic mass is 10.1. The summed E-state index contributed by atoms with van der Waals surface area (Å²) in [6.45, 7) is 4.74. The Morgan fingerprint density at radius 3 is 2.65 bits per heavy atom. The molecule has 0 aromatic heterocycles. The molecule has 4 nitrogen and oxygen atoms in total. The summed E-state index contributed by atoms with van der Waals surface area (Å²) in [6, 6.07) is 7.61. The highest BCUT2D eigenvalue weighted by atomic mass is 16.3. The monoisotopic (exact) mass is 236 g/mol. The summed E-state index contributed by atoms with van der Waals surface area (Å²) in [6.07, 6.45) is -0.537. The number of likely N-dealkylation sites (N-methyl/N-ethyl adjacent to an activating group) is 2. The van der Waals surface area contributed by atoms with Gasteiger partial charge in [-0.1, -0.05) is 18.2 Å². The van der Waals surface area contributed by atoms with E-state index in [-0.39, 0.29) is 5.91 Å². The van der Waals surface area contributed by atoms with Gasteiger partial charge in [0, 0.05) is 24.8 Å². The topological polar surface area (TPSA) is 52.6 Å². The first-order chi connectivity index (χ1) is 8.10. The second kappa shape index (κ2) is 6.25. The maximum atomic E-state index is 11.4. The summed E-state index contributed by atoms with van der Waals surface area (Å²) in [5.74, 6) is -0.0350. The van der Waals surface area contributed by atoms with Crippen molar-refractivity contribution >= 4 is 11.6 Å². The normalized spacial score (nSPS) is 12.0. The maximum absolute atomic E-state index is 11.4. The number of amides is 1. The predicted octanol–water partition coefficient (Wildman–Crippen LogP) is 1.31. The maximum Gasteiger partial charge on any atom is 0.239 e. The van der Waals surface area contributed by atoms with E-state index in [9.17, 15) is 9.90 Å². The molecule has 2 N–H and O–H groups in total. The molecule has 1 aromatic rings. The summed E-state index contributed by atoms with van der Waals surface area (Å²) >= 11 is 0. The molecule has 1 atom stereocenters. The first kappa shape index (κ1) is 13.5. The second-order valence-electron chi connectivity index (χ2n) is 3.92. The Hall–Kier alpha value is -1.55. The average molecular weight is 236 g/mol. The number of benzene rings is 1. The standard InChI is InChI=1S/C13H20N2O2/c1-4-15(9-13(17)14-3)12-8-6-5-7-11(12)10(2)16/h5-8,10,16H,4,9H2,1-3H3,(H,14,17). The summed E-state index contributed by atoms with van der Waals surface area (Å²) in [5.41, 5.74) is 1.76. The predicted molar refractivity (Wildman–Crippen MR) is 69.0 cm³/mol. The number of carbonyl (C=O) groups is 1. The van der Waals surface area contributed by atoms with Gasteiger partial charge in [0.25, 0.3) is 0 Å². The number of carbonyl (C=O) groups excluding carboxylic acids is 1. The Bertz CT molecular complexity index is 377. The fraction of sp³-hybridized carbons (Fsp3) is 0.462. The number of aliphatic hydroxyl groups excluding tert-OH is 1. The molecule has 0 saturated carbocycles. The minimum absolute atomic E-state index is 0.0350. The SMILES string of the molecule is CCN(CC(=O)NC)c1ccccc1C(C)O. The highest BCUT2D eigenvalue weighted by Crippen LogP contribution is 2.25. The van der Waals surface area contributed by atoms with Crippen LogP contribution in [-0.2, 0) is 4.79 Å². The molecule has 0 fully saturated rings. The van der Waals surface area contributed by atoms with E-state index < -0.39 is 6.10 Å². The molecule has 0 bridgehead atoms. The molecule has 1 unspecified atom stereocenters. The van der Waals surface area contributed by atoms with Crippen LogP contribution in [0.2, 0.25) is 0 Å². The average Bonchev–Trinajstić information content (AvgIpc) is 2.35. The van der Waals surface area contributed by atoms with E-state index in [2.05, 4.69) is 5.32 Å². The van der Waals surface area contributed by atoms with Crippen LogP contribution < -0.4 is 10.2 Å². The highest BCUT2D eigenvalue weighted by Gasteiger charge is 2.14. The largest absolute Gasteiger partial charge is 0.389 e. The van der Waals surface area contributed by atoms with Gasteiger partial charge in [-0.05, 0) is 19.9 Å². The van der Waals surface area contributed by atoms with Crippen molar-refractivity contribution in [3.8, 4) is 0 Å². The summed E-state index contributed by atoms with van der Waals surface area (Å²) in [4.78, 5) is 13.4. The molecule has 0 aliphatic rings. The summed E-state index contributed by atoms with van der Waals surface area (Å²) in [5, 5.41) is 12.3. The van der Waals surface area contributed by atoms with Gasteiger partial charge in [0.15, 0.2) is 0 Å². The molecular formula is C13H20N2O2. The molecule has 1 rings (SSSR count). The Kier molecular flexibility index (Phi) is 4.97. The molecule has 1 amide bonds. The highest BCUT2D eigenvalue weighted by molar-refractivity contribution is 5.81. The summed E-state index contributed by atoms with van der Waals surface area (Å²) in [7, 11) is 1.62. The van der Waals surface area contributed by atoms with Gasteiger partial charge in [0.1, 0.15) is 0 Å². The Labute approximate surface area is 102 Å². The van der Waals surface area contributed by atoms with Gasteiger partial charge in [-0.3, -0.25) is 4.79 Å². The van der Waals surface area contributed by atoms with Crippen LogP contribution in [0.15, 0.2) is 24.3 Å². The molecule has 94 valence electrons. The van der Waals surface area contributed by atoms with Gasteiger partial charge in [-0.25, -0.2) is 0 Å². The number of aliphatic hydroxyl groups is 1. The Balaban J connectivity index is 2.98. The van der Waals surface area contributed by atoms with E-state index in [1.807, 2.05) is 36.1 Å². The molecule has 17 heavy (non-hydrogen) atoms. The number of hydrogen-bond donors (Lipinski definition) is 2. The van der Waals surface area contributed by atoms with E-state index in [1.54, 1.807) is 14.0 Å². The van der Waals surface area contributed by atoms with Crippen molar-refractivity contribution in [2.75, 3.05) is 25.0 Å². The van der Waals surface area contributed by atoms with Crippen molar-refractivity contribution in [1.82, 2.24) is 5.32 Å². The molecule has 0 spiro atoms. The van der Waals surface area contributed by atoms with Crippen LogP contribution in [0.25, 0.3) is 0 Å². The zero-order valence-corrected chi connectivity index (χ0v) is 10.6. The zero-order chi connectivity index (χ0) is 12.8. The van der Waals surface area contributed by atoms with Crippen molar-refractivity contribution in [3.63, 3.8) is 0 Å². The van der Waals surface area contributed by atoms with Crippen molar-refractivity contribution in [2.45, 2.75) is 20.0 Å². The van der Waals surface area contributed by atoms with Crippen molar-refractivity contribution in [1.29, 1.82) is 0 Å². The smallest absolute Gasteiger partial charge is 0.239 e. The molecule has 0 radical (unpaired) electrons. The lowest BCUT2D eigenvalue weighted by Crippen LogP contribution is -2.36. The number of hydrogen-bond acceptors (Lipinski definition) is 3. The minimum Gasteiger partial charge on any atom is -0.389 e. The van der Waals surface area contributed by atoms with Gasteiger partial charge >= 0.3 is 0 Å². The number of nitrogens with zero attached hydrogens (tertiary/aromatic N) is 1. The van der Waals surface area contributed by atoms with Crippen molar-refractivity contribution in [2.24, 2.45) is 0 Å². The fourth-order valence-corrected chi connectivity index (χ4v) is 1.75. The number of anilines is 1. The lowest BCUT2D eigenvalue weighted by Gasteiger charge is -2.25. The molecule has 0 saturated heterocycles. The molecule has 0 aliphatic heterocycles. The van der Waals surface area contributed by atoms with Gasteiger partial charge in [0.2, 0.25) is 5.91 Å². The third-order valence-electron chi connectivity index (χ3n) is 2.72. The van der Waals surface area contributed by atoms with Crippen LogP contribution >= 0.6 is 0 Å². The van der Waals surface area contributed by atoms with Crippen molar-refractivity contribution < 1.29 is 9.90 Å². The Morgan fingerprint density at radius 2 is 2.12 bits per heavy atom. The van der Waals surface area contributed by atoms with E-state index in [0.717, 1.165) is 17.8 Å². The molecule has 0 heterocycles. The van der Waals surface area contributed by atoms with Crippen LogP contribution in [-0.4, -0.2) is 31.2 Å². The van der Waals surface area contributed by atoms with Gasteiger partial charge < -0.3 is 15.3 Å². The van der Waals surface area contributed by atoms with E-state index >= 15 is 0 Å². The van der Waals surface area contributed by atoms with E-state index in [4.69, 9.17) is 0 Å². The summed E-state index contributed by atoms with van der Waals surface area (Å²) < 4.78 is 0. The van der Waals surface area contributed by atoms with Crippen LogP contribution in [0.4, 0.5) is 5.69 Å². The third-order valence-corrected chi connectivity index (χ3v) is 2.72. The first-order valence-corrected chi connectivity index (χ1v) is 5.82. The molecule has 0 aliphatic carbocycles. The molecule has 4 heteroatoms. The van der Waals surface area contributed by atoms with Gasteiger partial charge in [-0.15, -0.1) is 0 Å². The fourth-order valence-electron chi connectivity index (χ4n) is 1.75. The number of rotatable bonds is 5. The molecular weight excluding hydrogens is 216 g/mol. The van der Waals surface area contributed by atoms with Crippen LogP contribution in [0.1, 0.15) is 25.5 Å². The lowest BCUT2D eigenvalue weighted by molar-refractivity contribution is -0.119. The van der Waals surface area contributed by atoms with Crippen LogP contribution in [0.3, 0.4) is 0 Å². The number of nitrogens with one attached hydrogen (secondary N) is 1. The van der Waals surface area contributed by atoms with Gasteiger partial charge in [-0.2, -0.15) is 0 Å².